The maximum absolute atomic E-state index is 14.5. The fourth-order valence-corrected chi connectivity index (χ4v) is 4.68. The Morgan fingerprint density at radius 3 is 2.35 bits per heavy atom. The van der Waals surface area contributed by atoms with Crippen molar-refractivity contribution >= 4 is 29.1 Å². The average Bonchev–Trinajstić information content (AvgIpc) is 2.69. The van der Waals surface area contributed by atoms with Crippen LogP contribution in [0.4, 0.5) is 21.8 Å². The number of hydrogen-bond donors (Lipinski definition) is 2. The second-order valence-corrected chi connectivity index (χ2v) is 9.83. The molecule has 1 aromatic carbocycles. The van der Waals surface area contributed by atoms with Gasteiger partial charge in [-0.05, 0) is 47.6 Å². The normalized spacial score (nSPS) is 20.4. The molecule has 0 radical (unpaired) electrons. The zero-order valence-electron chi connectivity index (χ0n) is 18.6. The maximum Gasteiger partial charge on any atom is 0.229 e. The van der Waals surface area contributed by atoms with Crippen molar-refractivity contribution in [2.75, 3.05) is 30.9 Å². The fourth-order valence-electron chi connectivity index (χ4n) is 4.48. The summed E-state index contributed by atoms with van der Waals surface area (Å²) in [6.45, 7) is 9.77. The van der Waals surface area contributed by atoms with Gasteiger partial charge in [0.2, 0.25) is 5.95 Å². The third-order valence-corrected chi connectivity index (χ3v) is 6.58. The minimum Gasteiger partial charge on any atom is -0.486 e. The number of fused-ring (bicyclic) bond motifs is 1. The van der Waals surface area contributed by atoms with Crippen molar-refractivity contribution in [3.8, 4) is 11.5 Å². The van der Waals surface area contributed by atoms with Crippen LogP contribution in [0.3, 0.4) is 0 Å². The number of hydrogen-bond acceptors (Lipinski definition) is 7. The lowest BCUT2D eigenvalue weighted by molar-refractivity contribution is -0.00778. The van der Waals surface area contributed by atoms with E-state index in [2.05, 4.69) is 60.2 Å². The molecule has 0 spiro atoms. The van der Waals surface area contributed by atoms with Gasteiger partial charge in [-0.25, -0.2) is 9.37 Å². The van der Waals surface area contributed by atoms with E-state index in [1.165, 1.54) is 0 Å². The van der Waals surface area contributed by atoms with Gasteiger partial charge in [-0.2, -0.15) is 4.98 Å². The summed E-state index contributed by atoms with van der Waals surface area (Å²) in [5, 5.41) is 6.80. The number of likely N-dealkylation sites (tertiary alicyclic amines) is 1. The number of rotatable bonds is 4. The van der Waals surface area contributed by atoms with E-state index in [0.29, 0.717) is 35.4 Å². The molecule has 0 aliphatic carbocycles. The lowest BCUT2D eigenvalue weighted by Crippen LogP contribution is -2.61. The minimum atomic E-state index is -0.492. The average molecular weight is 450 g/mol. The molecule has 7 nitrogen and oxygen atoms in total. The summed E-state index contributed by atoms with van der Waals surface area (Å²) in [6, 6.07) is 3.50. The van der Waals surface area contributed by atoms with Crippen molar-refractivity contribution in [1.82, 2.24) is 14.9 Å². The van der Waals surface area contributed by atoms with Crippen molar-refractivity contribution in [2.24, 2.45) is 0 Å². The number of benzene rings is 1. The van der Waals surface area contributed by atoms with Gasteiger partial charge in [-0.3, -0.25) is 4.90 Å². The Labute approximate surface area is 187 Å². The predicted octanol–water partition coefficient (Wildman–Crippen LogP) is 4.85. The standard InChI is InChI=1S/C22H29ClFN5O2/c1-21(2)10-13(11-22(3,4)29(21)5)26-19-15(24)12-25-20(28-19)27-16-9-18-17(8-14(16)23)30-6-7-31-18/h8-9,12-13H,6-7,10-11H2,1-5H3,(H2,25,26,27,28). The van der Waals surface area contributed by atoms with Crippen LogP contribution < -0.4 is 20.1 Å². The molecule has 2 aliphatic heterocycles. The van der Waals surface area contributed by atoms with Crippen molar-refractivity contribution < 1.29 is 13.9 Å². The van der Waals surface area contributed by atoms with Gasteiger partial charge >= 0.3 is 0 Å². The van der Waals surface area contributed by atoms with Crippen LogP contribution in [-0.4, -0.2) is 52.2 Å². The Balaban J connectivity index is 1.54. The molecule has 0 atom stereocenters. The number of anilines is 3. The van der Waals surface area contributed by atoms with Crippen LogP contribution in [0.1, 0.15) is 40.5 Å². The first-order valence-electron chi connectivity index (χ1n) is 10.4. The molecule has 3 heterocycles. The van der Waals surface area contributed by atoms with Crippen LogP contribution in [0.15, 0.2) is 18.3 Å². The molecule has 0 amide bonds. The van der Waals surface area contributed by atoms with Gasteiger partial charge < -0.3 is 20.1 Å². The maximum atomic E-state index is 14.5. The molecule has 2 N–H and O–H groups in total. The van der Waals surface area contributed by atoms with Gasteiger partial charge in [0.05, 0.1) is 16.9 Å². The lowest BCUT2D eigenvalue weighted by atomic mass is 9.77. The quantitative estimate of drug-likeness (QED) is 0.691. The minimum absolute atomic E-state index is 0.0251. The molecule has 2 aliphatic rings. The highest BCUT2D eigenvalue weighted by atomic mass is 35.5. The first-order valence-corrected chi connectivity index (χ1v) is 10.8. The van der Waals surface area contributed by atoms with Crippen LogP contribution in [-0.2, 0) is 0 Å². The summed E-state index contributed by atoms with van der Waals surface area (Å²) < 4.78 is 25.7. The number of ether oxygens (including phenoxy) is 2. The second-order valence-electron chi connectivity index (χ2n) is 9.42. The number of nitrogens with one attached hydrogen (secondary N) is 2. The third-order valence-electron chi connectivity index (χ3n) is 6.27. The van der Waals surface area contributed by atoms with Crippen LogP contribution in [0.25, 0.3) is 0 Å². The predicted molar refractivity (Wildman–Crippen MR) is 120 cm³/mol. The zero-order chi connectivity index (χ0) is 22.4. The summed E-state index contributed by atoms with van der Waals surface area (Å²) >= 11 is 6.37. The van der Waals surface area contributed by atoms with Crippen molar-refractivity contribution in [3.63, 3.8) is 0 Å². The van der Waals surface area contributed by atoms with Crippen LogP contribution in [0.5, 0.6) is 11.5 Å². The first kappa shape index (κ1) is 21.9. The Bertz CT molecular complexity index is 967. The molecule has 168 valence electrons. The van der Waals surface area contributed by atoms with Gasteiger partial charge in [0.1, 0.15) is 13.2 Å². The molecule has 4 rings (SSSR count). The molecule has 0 bridgehead atoms. The van der Waals surface area contributed by atoms with Gasteiger partial charge in [0.15, 0.2) is 23.1 Å². The molecule has 0 saturated carbocycles. The zero-order valence-corrected chi connectivity index (χ0v) is 19.3. The monoisotopic (exact) mass is 449 g/mol. The van der Waals surface area contributed by atoms with E-state index in [-0.39, 0.29) is 28.9 Å². The Morgan fingerprint density at radius 1 is 1.10 bits per heavy atom. The SMILES string of the molecule is CN1C(C)(C)CC(Nc2nc(Nc3cc4c(cc3Cl)OCCO4)ncc2F)CC1(C)C. The number of halogens is 2. The van der Waals surface area contributed by atoms with E-state index in [9.17, 15) is 4.39 Å². The number of aromatic nitrogens is 2. The molecule has 31 heavy (non-hydrogen) atoms. The van der Waals surface area contributed by atoms with Gasteiger partial charge in [0, 0.05) is 29.3 Å². The summed E-state index contributed by atoms with van der Waals surface area (Å²) in [5.41, 5.74) is 0.510. The van der Waals surface area contributed by atoms with E-state index < -0.39 is 5.82 Å². The lowest BCUT2D eigenvalue weighted by Gasteiger charge is -2.53. The van der Waals surface area contributed by atoms with Crippen molar-refractivity contribution in [1.29, 1.82) is 0 Å². The van der Waals surface area contributed by atoms with Gasteiger partial charge in [-0.1, -0.05) is 11.6 Å². The molecule has 1 saturated heterocycles. The Kier molecular flexibility index (Phi) is 5.64. The molecule has 9 heteroatoms. The molecule has 1 fully saturated rings. The topological polar surface area (TPSA) is 71.5 Å². The van der Waals surface area contributed by atoms with Gasteiger partial charge in [0.25, 0.3) is 0 Å². The Hall–Kier alpha value is -2.32. The molecular formula is C22H29ClFN5O2. The highest BCUT2D eigenvalue weighted by Crippen LogP contribution is 2.40. The van der Waals surface area contributed by atoms with Gasteiger partial charge in [-0.15, -0.1) is 0 Å². The highest BCUT2D eigenvalue weighted by Gasteiger charge is 2.43. The smallest absolute Gasteiger partial charge is 0.229 e. The molecule has 2 aromatic rings. The van der Waals surface area contributed by atoms with E-state index in [1.54, 1.807) is 12.1 Å². The van der Waals surface area contributed by atoms with E-state index in [4.69, 9.17) is 21.1 Å². The van der Waals surface area contributed by atoms with Crippen LogP contribution in [0, 0.1) is 5.82 Å². The first-order chi connectivity index (χ1) is 14.5. The highest BCUT2D eigenvalue weighted by molar-refractivity contribution is 6.33. The summed E-state index contributed by atoms with van der Waals surface area (Å²) in [5.74, 6) is 1.11. The number of piperidine rings is 1. The Morgan fingerprint density at radius 2 is 1.71 bits per heavy atom. The van der Waals surface area contributed by atoms with E-state index in [0.717, 1.165) is 19.0 Å². The summed E-state index contributed by atoms with van der Waals surface area (Å²) in [7, 11) is 2.14. The van der Waals surface area contributed by atoms with Crippen molar-refractivity contribution in [2.45, 2.75) is 57.7 Å². The second kappa shape index (κ2) is 7.98. The summed E-state index contributed by atoms with van der Waals surface area (Å²) in [6.07, 6.45) is 2.90. The largest absolute Gasteiger partial charge is 0.486 e. The van der Waals surface area contributed by atoms with E-state index >= 15 is 0 Å². The third kappa shape index (κ3) is 4.50. The molecular weight excluding hydrogens is 421 g/mol. The molecule has 0 unspecified atom stereocenters. The van der Waals surface area contributed by atoms with Crippen LogP contribution in [0.2, 0.25) is 5.02 Å². The summed E-state index contributed by atoms with van der Waals surface area (Å²) in [4.78, 5) is 10.8. The number of nitrogens with zero attached hydrogens (tertiary/aromatic N) is 3. The van der Waals surface area contributed by atoms with E-state index in [1.807, 2.05) is 0 Å². The molecule has 1 aromatic heterocycles. The van der Waals surface area contributed by atoms with Crippen LogP contribution >= 0.6 is 11.6 Å². The van der Waals surface area contributed by atoms with Crippen molar-refractivity contribution in [3.05, 3.63) is 29.2 Å². The fraction of sp³-hybridized carbons (Fsp3) is 0.545.